The van der Waals surface area contributed by atoms with E-state index in [9.17, 15) is 18.0 Å². The maximum absolute atomic E-state index is 13.5. The number of likely N-dealkylation sites (tertiary alicyclic amines) is 1. The molecule has 5 atom stereocenters. The number of hydrazine groups is 1. The smallest absolute Gasteiger partial charge is 0.316 e. The Morgan fingerprint density at radius 2 is 1.87 bits per heavy atom. The van der Waals surface area contributed by atoms with Gasteiger partial charge in [-0.3, -0.25) is 9.69 Å². The monoisotopic (exact) mass is 428 g/mol. The van der Waals surface area contributed by atoms with Gasteiger partial charge in [-0.05, 0) is 44.6 Å². The molecule has 4 unspecified atom stereocenters. The molecule has 5 aliphatic rings. The van der Waals surface area contributed by atoms with E-state index in [0.717, 1.165) is 38.9 Å². The Balaban J connectivity index is 1.48. The van der Waals surface area contributed by atoms with E-state index in [4.69, 9.17) is 0 Å². The number of ketones is 1. The minimum atomic E-state index is -4.23. The molecule has 0 radical (unpaired) electrons. The molecule has 0 aromatic carbocycles. The molecule has 30 heavy (non-hydrogen) atoms. The van der Waals surface area contributed by atoms with Gasteiger partial charge in [0.1, 0.15) is 5.78 Å². The lowest BCUT2D eigenvalue weighted by Gasteiger charge is -2.55. The van der Waals surface area contributed by atoms with Crippen LogP contribution in [0.1, 0.15) is 70.6 Å². The Labute approximate surface area is 177 Å². The summed E-state index contributed by atoms with van der Waals surface area (Å²) in [6.45, 7) is 2.59. The summed E-state index contributed by atoms with van der Waals surface area (Å²) >= 11 is 0. The number of piperidine rings is 1. The summed E-state index contributed by atoms with van der Waals surface area (Å²) in [6.07, 6.45) is 5.02. The number of halogens is 3. The highest BCUT2D eigenvalue weighted by atomic mass is 19.4. The second-order valence-electron chi connectivity index (χ2n) is 10.3. The number of hydrogen-bond donors (Lipinski definition) is 2. The fraction of sp³-hybridized carbons (Fsp3) is 0.955. The maximum Gasteiger partial charge on any atom is 0.390 e. The van der Waals surface area contributed by atoms with Crippen LogP contribution in [0, 0.1) is 11.8 Å². The van der Waals surface area contributed by atoms with Gasteiger partial charge in [-0.15, -0.1) is 0 Å². The van der Waals surface area contributed by atoms with Gasteiger partial charge in [-0.2, -0.15) is 13.2 Å². The summed E-state index contributed by atoms with van der Waals surface area (Å²) in [7, 11) is 0. The van der Waals surface area contributed by atoms with Crippen molar-refractivity contribution in [2.24, 2.45) is 11.8 Å². The van der Waals surface area contributed by atoms with E-state index in [-0.39, 0.29) is 35.7 Å². The van der Waals surface area contributed by atoms with Crippen molar-refractivity contribution in [1.29, 1.82) is 0 Å². The maximum atomic E-state index is 13.5. The van der Waals surface area contributed by atoms with E-state index in [0.29, 0.717) is 12.5 Å². The molecule has 2 N–H and O–H groups in total. The van der Waals surface area contributed by atoms with E-state index in [1.807, 2.05) is 0 Å². The largest absolute Gasteiger partial charge is 0.390 e. The fourth-order valence-electron chi connectivity index (χ4n) is 7.53. The lowest BCUT2D eigenvalue weighted by molar-refractivity contribution is -0.145. The number of nitrogens with one attached hydrogen (secondary N) is 2. The molecule has 2 saturated carbocycles. The van der Waals surface area contributed by atoms with E-state index in [1.54, 1.807) is 0 Å². The van der Waals surface area contributed by atoms with Gasteiger partial charge in [0.2, 0.25) is 0 Å². The van der Waals surface area contributed by atoms with Crippen LogP contribution in [-0.2, 0) is 4.79 Å². The SMILES string of the molecule is O=C1CC2CNCCC23C(C1)C(CC(F)(F)F)NN3[C@@H]1CCCN1C1CCCCC1. The molecule has 3 saturated heterocycles. The summed E-state index contributed by atoms with van der Waals surface area (Å²) in [4.78, 5) is 15.1. The van der Waals surface area contributed by atoms with Crippen molar-refractivity contribution in [1.82, 2.24) is 20.7 Å². The van der Waals surface area contributed by atoms with Gasteiger partial charge in [0.15, 0.2) is 0 Å². The van der Waals surface area contributed by atoms with Crippen LogP contribution in [0.25, 0.3) is 0 Å². The quantitative estimate of drug-likeness (QED) is 0.723. The predicted molar refractivity (Wildman–Crippen MR) is 107 cm³/mol. The molecule has 8 heteroatoms. The molecular formula is C22H35F3N4O. The van der Waals surface area contributed by atoms with Crippen molar-refractivity contribution in [2.45, 2.75) is 101 Å². The topological polar surface area (TPSA) is 47.6 Å². The number of nitrogens with zero attached hydrogens (tertiary/aromatic N) is 2. The minimum Gasteiger partial charge on any atom is -0.316 e. The molecule has 5 nitrogen and oxygen atoms in total. The summed E-state index contributed by atoms with van der Waals surface area (Å²) in [5.41, 5.74) is 3.07. The zero-order chi connectivity index (χ0) is 20.9. The highest BCUT2D eigenvalue weighted by molar-refractivity contribution is 5.80. The summed E-state index contributed by atoms with van der Waals surface area (Å²) in [5.74, 6) is -0.0194. The number of Topliss-reactive ketones (excluding diaryl/α,β-unsaturated/α-hetero) is 1. The Bertz CT molecular complexity index is 653. The van der Waals surface area contributed by atoms with E-state index in [1.165, 1.54) is 32.1 Å². The van der Waals surface area contributed by atoms with Crippen LogP contribution in [0.4, 0.5) is 13.2 Å². The van der Waals surface area contributed by atoms with E-state index in [2.05, 4.69) is 20.7 Å². The van der Waals surface area contributed by atoms with Crippen molar-refractivity contribution in [3.05, 3.63) is 0 Å². The third-order valence-corrected chi connectivity index (χ3v) is 8.66. The summed E-state index contributed by atoms with van der Waals surface area (Å²) in [5, 5.41) is 5.70. The van der Waals surface area contributed by atoms with Crippen molar-refractivity contribution in [2.75, 3.05) is 19.6 Å². The Morgan fingerprint density at radius 1 is 1.07 bits per heavy atom. The van der Waals surface area contributed by atoms with Crippen LogP contribution < -0.4 is 10.7 Å². The van der Waals surface area contributed by atoms with E-state index >= 15 is 0 Å². The van der Waals surface area contributed by atoms with Crippen LogP contribution in [0.2, 0.25) is 0 Å². The van der Waals surface area contributed by atoms with Gasteiger partial charge in [0, 0.05) is 49.5 Å². The molecule has 1 spiro atoms. The van der Waals surface area contributed by atoms with Gasteiger partial charge in [-0.1, -0.05) is 19.3 Å². The Hall–Kier alpha value is -0.700. The average molecular weight is 429 g/mol. The van der Waals surface area contributed by atoms with Crippen LogP contribution >= 0.6 is 0 Å². The highest BCUT2D eigenvalue weighted by Crippen LogP contribution is 2.53. The van der Waals surface area contributed by atoms with Crippen molar-refractivity contribution in [3.8, 4) is 0 Å². The second kappa shape index (κ2) is 8.01. The molecule has 5 fully saturated rings. The Morgan fingerprint density at radius 3 is 2.63 bits per heavy atom. The van der Waals surface area contributed by atoms with Crippen LogP contribution in [-0.4, -0.2) is 65.3 Å². The number of alkyl halides is 3. The number of carbonyl (C=O) groups is 1. The summed E-state index contributed by atoms with van der Waals surface area (Å²) < 4.78 is 40.5. The molecule has 0 aromatic rings. The standard InChI is InChI=1S/C22H35F3N4O/c23-22(24,25)13-19-18-12-17(30)11-15-14-26-9-8-21(15,18)29(27-19)20-7-4-10-28(20)16-5-2-1-3-6-16/h15-16,18-20,26-27H,1-14H2/t15?,18?,19?,20-,21?/m1/s1. The summed E-state index contributed by atoms with van der Waals surface area (Å²) in [6, 6.07) is -0.140. The van der Waals surface area contributed by atoms with Crippen molar-refractivity contribution < 1.29 is 18.0 Å². The first-order chi connectivity index (χ1) is 14.4. The molecule has 170 valence electrons. The van der Waals surface area contributed by atoms with Gasteiger partial charge in [0.25, 0.3) is 0 Å². The van der Waals surface area contributed by atoms with Crippen molar-refractivity contribution in [3.63, 3.8) is 0 Å². The minimum absolute atomic E-state index is 0.0945. The molecular weight excluding hydrogens is 393 g/mol. The lowest BCUT2D eigenvalue weighted by Crippen LogP contribution is -2.68. The predicted octanol–water partition coefficient (Wildman–Crippen LogP) is 3.21. The first-order valence-corrected chi connectivity index (χ1v) is 12.0. The molecule has 2 aliphatic carbocycles. The third kappa shape index (κ3) is 3.61. The van der Waals surface area contributed by atoms with E-state index < -0.39 is 18.6 Å². The lowest BCUT2D eigenvalue weighted by atomic mass is 9.60. The normalized spacial score (nSPS) is 41.8. The zero-order valence-corrected chi connectivity index (χ0v) is 17.7. The highest BCUT2D eigenvalue weighted by Gasteiger charge is 2.64. The second-order valence-corrected chi connectivity index (χ2v) is 10.3. The molecule has 5 rings (SSSR count). The zero-order valence-electron chi connectivity index (χ0n) is 17.7. The van der Waals surface area contributed by atoms with Crippen LogP contribution in [0.15, 0.2) is 0 Å². The molecule has 3 heterocycles. The fourth-order valence-corrected chi connectivity index (χ4v) is 7.53. The first-order valence-electron chi connectivity index (χ1n) is 12.0. The van der Waals surface area contributed by atoms with Gasteiger partial charge in [-0.25, -0.2) is 10.4 Å². The molecule has 3 aliphatic heterocycles. The van der Waals surface area contributed by atoms with Gasteiger partial charge < -0.3 is 5.32 Å². The van der Waals surface area contributed by atoms with Crippen molar-refractivity contribution >= 4 is 5.78 Å². The van der Waals surface area contributed by atoms with Crippen LogP contribution in [0.5, 0.6) is 0 Å². The first kappa shape index (κ1) is 21.2. The number of carbonyl (C=O) groups excluding carboxylic acids is 1. The average Bonchev–Trinajstić information content (AvgIpc) is 3.29. The molecule has 0 amide bonds. The van der Waals surface area contributed by atoms with Gasteiger partial charge >= 0.3 is 6.18 Å². The number of rotatable bonds is 3. The van der Waals surface area contributed by atoms with Gasteiger partial charge in [0.05, 0.1) is 12.6 Å². The molecule has 0 aromatic heterocycles. The Kier molecular flexibility index (Phi) is 5.65. The third-order valence-electron chi connectivity index (χ3n) is 8.66. The van der Waals surface area contributed by atoms with Crippen LogP contribution in [0.3, 0.4) is 0 Å². The molecule has 0 bridgehead atoms. The number of hydrogen-bond acceptors (Lipinski definition) is 5.